The first kappa shape index (κ1) is 21.8. The first-order valence-electron chi connectivity index (χ1n) is 9.08. The molecular formula is C18H26F3N5O2. The van der Waals surface area contributed by atoms with Gasteiger partial charge in [-0.1, -0.05) is 19.9 Å². The molecule has 0 bridgehead atoms. The van der Waals surface area contributed by atoms with Crippen molar-refractivity contribution in [2.45, 2.75) is 39.0 Å². The van der Waals surface area contributed by atoms with Crippen molar-refractivity contribution < 1.29 is 22.7 Å². The van der Waals surface area contributed by atoms with Gasteiger partial charge in [0.25, 0.3) is 0 Å². The van der Waals surface area contributed by atoms with E-state index in [9.17, 15) is 18.0 Å². The number of alkyl halides is 3. The van der Waals surface area contributed by atoms with E-state index in [0.29, 0.717) is 19.0 Å². The van der Waals surface area contributed by atoms with E-state index < -0.39 is 12.8 Å². The van der Waals surface area contributed by atoms with Gasteiger partial charge in [-0.05, 0) is 12.0 Å². The van der Waals surface area contributed by atoms with Gasteiger partial charge in [-0.3, -0.25) is 9.79 Å². The Morgan fingerprint density at radius 2 is 2.18 bits per heavy atom. The first-order valence-corrected chi connectivity index (χ1v) is 9.08. The van der Waals surface area contributed by atoms with E-state index in [-0.39, 0.29) is 23.7 Å². The molecule has 156 valence electrons. The zero-order chi connectivity index (χ0) is 20.7. The first-order chi connectivity index (χ1) is 13.2. The number of pyridine rings is 1. The summed E-state index contributed by atoms with van der Waals surface area (Å²) in [6.07, 6.45) is -2.10. The molecule has 0 aliphatic carbocycles. The molecular weight excluding hydrogens is 375 g/mol. The summed E-state index contributed by atoms with van der Waals surface area (Å²) in [7, 11) is 1.65. The largest absolute Gasteiger partial charge is 0.468 e. The molecule has 1 aromatic heterocycles. The van der Waals surface area contributed by atoms with Crippen molar-refractivity contribution in [2.75, 3.05) is 26.7 Å². The Bertz CT molecular complexity index is 677. The molecule has 1 aliphatic heterocycles. The molecule has 2 rings (SSSR count). The summed E-state index contributed by atoms with van der Waals surface area (Å²) in [5, 5.41) is 6.41. The van der Waals surface area contributed by atoms with Gasteiger partial charge >= 0.3 is 6.18 Å². The Kier molecular flexibility index (Phi) is 7.47. The Morgan fingerprint density at radius 1 is 1.43 bits per heavy atom. The summed E-state index contributed by atoms with van der Waals surface area (Å²) in [5.41, 5.74) is 0.769. The van der Waals surface area contributed by atoms with Crippen molar-refractivity contribution in [3.05, 3.63) is 23.9 Å². The number of carbonyl (C=O) groups excluding carboxylic acids is 1. The van der Waals surface area contributed by atoms with Crippen LogP contribution in [0.3, 0.4) is 0 Å². The topological polar surface area (TPSA) is 78.9 Å². The van der Waals surface area contributed by atoms with Crippen LogP contribution in [0.2, 0.25) is 0 Å². The Morgan fingerprint density at radius 3 is 2.75 bits per heavy atom. The number of hydrogen-bond donors (Lipinski definition) is 2. The molecule has 1 aliphatic rings. The fourth-order valence-electron chi connectivity index (χ4n) is 2.77. The van der Waals surface area contributed by atoms with Crippen molar-refractivity contribution in [1.82, 2.24) is 20.5 Å². The molecule has 1 saturated heterocycles. The Balaban J connectivity index is 1.79. The number of aromatic nitrogens is 1. The van der Waals surface area contributed by atoms with Crippen LogP contribution in [-0.2, 0) is 11.3 Å². The van der Waals surface area contributed by atoms with Crippen LogP contribution in [0, 0.1) is 5.92 Å². The maximum absolute atomic E-state index is 12.1. The Labute approximate surface area is 162 Å². The zero-order valence-electron chi connectivity index (χ0n) is 16.2. The molecule has 7 nitrogen and oxygen atoms in total. The number of aliphatic imine (C=N–C) groups is 1. The molecule has 1 unspecified atom stereocenters. The molecule has 1 amide bonds. The van der Waals surface area contributed by atoms with Crippen LogP contribution < -0.4 is 15.4 Å². The minimum atomic E-state index is -4.39. The summed E-state index contributed by atoms with van der Waals surface area (Å²) in [4.78, 5) is 21.9. The third-order valence-corrected chi connectivity index (χ3v) is 4.20. The smallest absolute Gasteiger partial charge is 0.422 e. The molecule has 2 N–H and O–H groups in total. The van der Waals surface area contributed by atoms with Gasteiger partial charge in [0.05, 0.1) is 0 Å². The molecule has 1 atom stereocenters. The number of carbonyl (C=O) groups is 1. The van der Waals surface area contributed by atoms with Gasteiger partial charge < -0.3 is 20.3 Å². The molecule has 0 saturated carbocycles. The van der Waals surface area contributed by atoms with Crippen molar-refractivity contribution in [1.29, 1.82) is 0 Å². The highest BCUT2D eigenvalue weighted by molar-refractivity contribution is 5.81. The second kappa shape index (κ2) is 9.61. The van der Waals surface area contributed by atoms with E-state index in [1.165, 1.54) is 12.3 Å². The van der Waals surface area contributed by atoms with Gasteiger partial charge in [-0.15, -0.1) is 0 Å². The van der Waals surface area contributed by atoms with Crippen LogP contribution in [0.15, 0.2) is 23.3 Å². The number of rotatable bonds is 6. The third-order valence-electron chi connectivity index (χ3n) is 4.20. The molecule has 1 fully saturated rings. The van der Waals surface area contributed by atoms with Crippen LogP contribution in [0.25, 0.3) is 0 Å². The normalized spacial score (nSPS) is 17.8. The number of hydrogen-bond acceptors (Lipinski definition) is 4. The number of amides is 1. The summed E-state index contributed by atoms with van der Waals surface area (Å²) in [5.74, 6) is 0.628. The average Bonchev–Trinajstić information content (AvgIpc) is 3.11. The second-order valence-electron chi connectivity index (χ2n) is 6.90. The highest BCUT2D eigenvalue weighted by Crippen LogP contribution is 2.17. The van der Waals surface area contributed by atoms with Crippen LogP contribution in [-0.4, -0.2) is 60.7 Å². The third kappa shape index (κ3) is 6.90. The zero-order valence-corrected chi connectivity index (χ0v) is 16.2. The molecule has 28 heavy (non-hydrogen) atoms. The van der Waals surface area contributed by atoms with Crippen molar-refractivity contribution in [2.24, 2.45) is 10.9 Å². The maximum Gasteiger partial charge on any atom is 0.422 e. The second-order valence-corrected chi connectivity index (χ2v) is 6.90. The predicted molar refractivity (Wildman–Crippen MR) is 98.9 cm³/mol. The number of likely N-dealkylation sites (tertiary alicyclic amines) is 1. The van der Waals surface area contributed by atoms with E-state index in [1.54, 1.807) is 13.1 Å². The predicted octanol–water partition coefficient (Wildman–Crippen LogP) is 1.94. The molecule has 1 aromatic rings. The highest BCUT2D eigenvalue weighted by atomic mass is 19.4. The van der Waals surface area contributed by atoms with E-state index in [1.807, 2.05) is 18.7 Å². The highest BCUT2D eigenvalue weighted by Gasteiger charge is 2.29. The monoisotopic (exact) mass is 401 g/mol. The number of halogens is 3. The minimum Gasteiger partial charge on any atom is -0.468 e. The van der Waals surface area contributed by atoms with E-state index in [4.69, 9.17) is 0 Å². The van der Waals surface area contributed by atoms with E-state index >= 15 is 0 Å². The quantitative estimate of drug-likeness (QED) is 0.563. The molecule has 0 radical (unpaired) electrons. The number of guanidine groups is 1. The average molecular weight is 401 g/mol. The van der Waals surface area contributed by atoms with Crippen molar-refractivity contribution in [3.8, 4) is 5.88 Å². The lowest BCUT2D eigenvalue weighted by Crippen LogP contribution is -2.45. The molecule has 0 spiro atoms. The van der Waals surface area contributed by atoms with Crippen LogP contribution >= 0.6 is 0 Å². The van der Waals surface area contributed by atoms with Gasteiger partial charge in [0.2, 0.25) is 11.8 Å². The number of nitrogens with one attached hydrogen (secondary N) is 2. The van der Waals surface area contributed by atoms with Crippen molar-refractivity contribution in [3.63, 3.8) is 0 Å². The lowest BCUT2D eigenvalue weighted by molar-refractivity contribution is -0.154. The lowest BCUT2D eigenvalue weighted by Gasteiger charge is -2.20. The standard InChI is InChI=1S/C18H26F3N5O2/c1-12(2)16(27)26-7-6-14(10-26)25-17(22-3)24-9-13-4-5-15(23-8-13)28-11-18(19,20)21/h4-5,8,12,14H,6-7,9-11H2,1-3H3,(H2,22,24,25). The summed E-state index contributed by atoms with van der Waals surface area (Å²) < 4.78 is 41.0. The molecule has 0 aromatic carbocycles. The van der Waals surface area contributed by atoms with Crippen LogP contribution in [0.4, 0.5) is 13.2 Å². The summed E-state index contributed by atoms with van der Waals surface area (Å²) in [6.45, 7) is 4.15. The SMILES string of the molecule is CN=C(NCc1ccc(OCC(F)(F)F)nc1)NC1CCN(C(=O)C(C)C)C1. The molecule has 2 heterocycles. The van der Waals surface area contributed by atoms with Crippen LogP contribution in [0.1, 0.15) is 25.8 Å². The van der Waals surface area contributed by atoms with Crippen molar-refractivity contribution >= 4 is 11.9 Å². The maximum atomic E-state index is 12.1. The summed E-state index contributed by atoms with van der Waals surface area (Å²) >= 11 is 0. The van der Waals surface area contributed by atoms with E-state index in [0.717, 1.165) is 18.5 Å². The molecule has 10 heteroatoms. The lowest BCUT2D eigenvalue weighted by atomic mass is 10.2. The van der Waals surface area contributed by atoms with Gasteiger partial charge in [0.15, 0.2) is 12.6 Å². The number of nitrogens with zero attached hydrogens (tertiary/aromatic N) is 3. The van der Waals surface area contributed by atoms with Gasteiger partial charge in [0, 0.05) is 50.9 Å². The minimum absolute atomic E-state index is 0.0215. The Hall–Kier alpha value is -2.52. The van der Waals surface area contributed by atoms with Gasteiger partial charge in [-0.2, -0.15) is 13.2 Å². The van der Waals surface area contributed by atoms with Gasteiger partial charge in [0.1, 0.15) is 0 Å². The fourth-order valence-corrected chi connectivity index (χ4v) is 2.77. The number of ether oxygens (including phenoxy) is 1. The van der Waals surface area contributed by atoms with E-state index in [2.05, 4.69) is 25.3 Å². The van der Waals surface area contributed by atoms with Crippen LogP contribution in [0.5, 0.6) is 5.88 Å². The summed E-state index contributed by atoms with van der Waals surface area (Å²) in [6, 6.07) is 3.15. The van der Waals surface area contributed by atoms with Gasteiger partial charge in [-0.25, -0.2) is 4.98 Å². The fraction of sp³-hybridized carbons (Fsp3) is 0.611.